The lowest BCUT2D eigenvalue weighted by molar-refractivity contribution is 0.623. The van der Waals surface area contributed by atoms with Gasteiger partial charge in [-0.05, 0) is 65.2 Å². The highest BCUT2D eigenvalue weighted by Crippen LogP contribution is 2.30. The molecule has 202 valence electrons. The topological polar surface area (TPSA) is 107 Å². The molecule has 1 saturated heterocycles. The number of hydrogen-bond acceptors (Lipinski definition) is 10. The van der Waals surface area contributed by atoms with Gasteiger partial charge in [0.25, 0.3) is 0 Å². The van der Waals surface area contributed by atoms with Crippen molar-refractivity contribution in [1.29, 1.82) is 0 Å². The largest absolute Gasteiger partial charge is 0.368 e. The lowest BCUT2D eigenvalue weighted by Crippen LogP contribution is -2.47. The highest BCUT2D eigenvalue weighted by atomic mass is 79.9. The van der Waals surface area contributed by atoms with E-state index in [-0.39, 0.29) is 5.82 Å². The SMILES string of the molecule is Fc1ccc(N2CCN(c3nc(NCCNc4ncnc5c(Br)cc(Br)cc45)nc(NC4CC4)n3)CC2)cc1. The van der Waals surface area contributed by atoms with Gasteiger partial charge in [-0.15, -0.1) is 0 Å². The number of fused-ring (bicyclic) bond motifs is 1. The third-order valence-electron chi connectivity index (χ3n) is 6.65. The standard InChI is InChI=1S/C26H27Br2FN10/c27-16-13-20-22(21(28)14-16)32-15-33-23(20)30-7-8-31-24-35-25(34-18-3-4-18)37-26(36-24)39-11-9-38(10-12-39)19-5-1-17(29)2-6-19/h1-2,5-6,13-15,18H,3-4,7-12H2,(H,30,32,33)(H2,31,34,35,36,37). The summed E-state index contributed by atoms with van der Waals surface area (Å²) in [5.74, 6) is 2.31. The van der Waals surface area contributed by atoms with Crippen molar-refractivity contribution in [2.24, 2.45) is 0 Å². The normalized spacial score (nSPS) is 15.5. The molecule has 13 heteroatoms. The highest BCUT2D eigenvalue weighted by molar-refractivity contribution is 9.11. The third-order valence-corrected chi connectivity index (χ3v) is 7.71. The van der Waals surface area contributed by atoms with Crippen LogP contribution in [0.1, 0.15) is 12.8 Å². The van der Waals surface area contributed by atoms with Gasteiger partial charge in [0, 0.05) is 65.3 Å². The van der Waals surface area contributed by atoms with E-state index < -0.39 is 0 Å². The van der Waals surface area contributed by atoms with Crippen molar-refractivity contribution in [3.8, 4) is 0 Å². The maximum atomic E-state index is 13.3. The molecule has 3 N–H and O–H groups in total. The second kappa shape index (κ2) is 11.4. The zero-order valence-corrected chi connectivity index (χ0v) is 24.2. The second-order valence-corrected chi connectivity index (χ2v) is 11.3. The van der Waals surface area contributed by atoms with Crippen molar-refractivity contribution in [3.05, 3.63) is 57.5 Å². The summed E-state index contributed by atoms with van der Waals surface area (Å²) in [5.41, 5.74) is 1.87. The molecular formula is C26H27Br2FN10. The molecule has 2 aromatic heterocycles. The van der Waals surface area contributed by atoms with Crippen molar-refractivity contribution in [3.63, 3.8) is 0 Å². The first-order chi connectivity index (χ1) is 19.0. The molecule has 2 fully saturated rings. The van der Waals surface area contributed by atoms with E-state index in [1.807, 2.05) is 24.3 Å². The number of rotatable bonds is 9. The molecule has 0 amide bonds. The molecule has 6 rings (SSSR count). The van der Waals surface area contributed by atoms with Crippen molar-refractivity contribution >= 4 is 72.1 Å². The molecule has 1 aliphatic heterocycles. The quantitative estimate of drug-likeness (QED) is 0.215. The fourth-order valence-corrected chi connectivity index (χ4v) is 5.79. The number of aromatic nitrogens is 5. The van der Waals surface area contributed by atoms with Gasteiger partial charge in [-0.1, -0.05) is 15.9 Å². The zero-order valence-electron chi connectivity index (χ0n) is 21.0. The van der Waals surface area contributed by atoms with Crippen LogP contribution in [-0.2, 0) is 0 Å². The second-order valence-electron chi connectivity index (χ2n) is 9.51. The number of anilines is 5. The fourth-order valence-electron chi connectivity index (χ4n) is 4.46. The van der Waals surface area contributed by atoms with E-state index in [2.05, 4.69) is 72.6 Å². The maximum absolute atomic E-state index is 13.3. The van der Waals surface area contributed by atoms with E-state index in [1.54, 1.807) is 6.33 Å². The molecule has 1 aliphatic carbocycles. The minimum atomic E-state index is -0.222. The Kier molecular flexibility index (Phi) is 7.60. The first-order valence-corrected chi connectivity index (χ1v) is 14.5. The van der Waals surface area contributed by atoms with Crippen LogP contribution in [0.15, 0.2) is 51.7 Å². The van der Waals surface area contributed by atoms with Crippen molar-refractivity contribution in [2.75, 3.05) is 65.0 Å². The number of benzene rings is 2. The smallest absolute Gasteiger partial charge is 0.232 e. The first kappa shape index (κ1) is 25.9. The zero-order chi connectivity index (χ0) is 26.8. The Labute approximate surface area is 242 Å². The number of halogens is 3. The van der Waals surface area contributed by atoms with E-state index in [9.17, 15) is 4.39 Å². The summed E-state index contributed by atoms with van der Waals surface area (Å²) < 4.78 is 15.2. The Balaban J connectivity index is 1.11. The van der Waals surface area contributed by atoms with Crippen LogP contribution in [0.2, 0.25) is 0 Å². The molecule has 2 aromatic carbocycles. The minimum absolute atomic E-state index is 0.222. The average molecular weight is 658 g/mol. The van der Waals surface area contributed by atoms with Gasteiger partial charge in [-0.25, -0.2) is 14.4 Å². The van der Waals surface area contributed by atoms with E-state index >= 15 is 0 Å². The lowest BCUT2D eigenvalue weighted by Gasteiger charge is -2.36. The molecule has 3 heterocycles. The van der Waals surface area contributed by atoms with Crippen LogP contribution in [0.3, 0.4) is 0 Å². The van der Waals surface area contributed by atoms with Gasteiger partial charge in [-0.3, -0.25) is 0 Å². The molecule has 0 spiro atoms. The third kappa shape index (κ3) is 6.30. The van der Waals surface area contributed by atoms with Gasteiger partial charge in [-0.2, -0.15) is 15.0 Å². The number of hydrogen-bond donors (Lipinski definition) is 3. The maximum Gasteiger partial charge on any atom is 0.232 e. The van der Waals surface area contributed by atoms with Gasteiger partial charge >= 0.3 is 0 Å². The van der Waals surface area contributed by atoms with Crippen molar-refractivity contribution in [1.82, 2.24) is 24.9 Å². The summed E-state index contributed by atoms with van der Waals surface area (Å²) in [4.78, 5) is 27.3. The molecule has 0 bridgehead atoms. The van der Waals surface area contributed by atoms with Crippen LogP contribution < -0.4 is 25.8 Å². The van der Waals surface area contributed by atoms with Gasteiger partial charge in [0.2, 0.25) is 17.8 Å². The minimum Gasteiger partial charge on any atom is -0.368 e. The van der Waals surface area contributed by atoms with Crippen LogP contribution in [0.5, 0.6) is 0 Å². The van der Waals surface area contributed by atoms with Crippen LogP contribution in [0, 0.1) is 5.82 Å². The van der Waals surface area contributed by atoms with Gasteiger partial charge in [0.15, 0.2) is 0 Å². The Morgan fingerprint density at radius 2 is 1.56 bits per heavy atom. The Morgan fingerprint density at radius 3 is 2.33 bits per heavy atom. The molecule has 0 atom stereocenters. The van der Waals surface area contributed by atoms with Gasteiger partial charge < -0.3 is 25.8 Å². The monoisotopic (exact) mass is 656 g/mol. The molecule has 4 aromatic rings. The Hall–Kier alpha value is -3.32. The van der Waals surface area contributed by atoms with Gasteiger partial charge in [0.1, 0.15) is 18.0 Å². The Bertz CT molecular complexity index is 1460. The Morgan fingerprint density at radius 1 is 0.846 bits per heavy atom. The van der Waals surface area contributed by atoms with Crippen LogP contribution in [0.25, 0.3) is 10.9 Å². The first-order valence-electron chi connectivity index (χ1n) is 12.9. The lowest BCUT2D eigenvalue weighted by atomic mass is 10.2. The van der Waals surface area contributed by atoms with Crippen molar-refractivity contribution < 1.29 is 4.39 Å². The summed E-state index contributed by atoms with van der Waals surface area (Å²) in [5, 5.41) is 11.1. The van der Waals surface area contributed by atoms with Crippen LogP contribution in [-0.4, -0.2) is 70.2 Å². The number of nitrogens with zero attached hydrogens (tertiary/aromatic N) is 7. The average Bonchev–Trinajstić information content (AvgIpc) is 3.76. The summed E-state index contributed by atoms with van der Waals surface area (Å²) in [6.45, 7) is 4.32. The summed E-state index contributed by atoms with van der Waals surface area (Å²) in [7, 11) is 0. The molecular weight excluding hydrogens is 631 g/mol. The fraction of sp³-hybridized carbons (Fsp3) is 0.346. The molecule has 0 radical (unpaired) electrons. The van der Waals surface area contributed by atoms with Crippen LogP contribution in [0.4, 0.5) is 33.7 Å². The van der Waals surface area contributed by atoms with E-state index in [0.717, 1.165) is 70.4 Å². The molecule has 1 saturated carbocycles. The number of piperazine rings is 1. The molecule has 10 nitrogen and oxygen atoms in total. The summed E-state index contributed by atoms with van der Waals surface area (Å²) >= 11 is 7.11. The van der Waals surface area contributed by atoms with Crippen LogP contribution >= 0.6 is 31.9 Å². The van der Waals surface area contributed by atoms with E-state index in [4.69, 9.17) is 9.97 Å². The van der Waals surface area contributed by atoms with E-state index in [1.165, 1.54) is 12.1 Å². The van der Waals surface area contributed by atoms with Gasteiger partial charge in [0.05, 0.1) is 5.52 Å². The molecule has 39 heavy (non-hydrogen) atoms. The van der Waals surface area contributed by atoms with E-state index in [0.29, 0.717) is 37.0 Å². The molecule has 2 aliphatic rings. The highest BCUT2D eigenvalue weighted by Gasteiger charge is 2.25. The predicted molar refractivity (Wildman–Crippen MR) is 159 cm³/mol. The summed E-state index contributed by atoms with van der Waals surface area (Å²) in [6.07, 6.45) is 3.81. The number of nitrogens with one attached hydrogen (secondary N) is 3. The molecule has 0 unspecified atom stereocenters. The predicted octanol–water partition coefficient (Wildman–Crippen LogP) is 4.90. The summed E-state index contributed by atoms with van der Waals surface area (Å²) in [6, 6.07) is 11.0. The van der Waals surface area contributed by atoms with Crippen molar-refractivity contribution in [2.45, 2.75) is 18.9 Å².